The summed E-state index contributed by atoms with van der Waals surface area (Å²) in [5.74, 6) is 0.107. The maximum Gasteiger partial charge on any atom is 0.122 e. The van der Waals surface area contributed by atoms with Gasteiger partial charge in [0, 0.05) is 38.1 Å². The van der Waals surface area contributed by atoms with Crippen molar-refractivity contribution in [2.45, 2.75) is 13.3 Å². The van der Waals surface area contributed by atoms with E-state index in [0.717, 1.165) is 37.4 Å². The summed E-state index contributed by atoms with van der Waals surface area (Å²) in [6, 6.07) is 7.71. The lowest BCUT2D eigenvalue weighted by Crippen LogP contribution is -2.20. The molecule has 1 rings (SSSR count). The molecule has 0 aromatic heterocycles. The molecule has 1 aromatic carbocycles. The number of ether oxygens (including phenoxy) is 1. The lowest BCUT2D eigenvalue weighted by molar-refractivity contribution is 0.146. The third kappa shape index (κ3) is 4.44. The highest BCUT2D eigenvalue weighted by Gasteiger charge is 2.01. The Morgan fingerprint density at radius 2 is 2.00 bits per heavy atom. The number of rotatable bonds is 7. The van der Waals surface area contributed by atoms with Crippen LogP contribution in [0.4, 0.5) is 5.69 Å². The first-order valence-electron chi connectivity index (χ1n) is 5.88. The zero-order valence-electron chi connectivity index (χ0n) is 10.6. The van der Waals surface area contributed by atoms with Gasteiger partial charge >= 0.3 is 0 Å². The van der Waals surface area contributed by atoms with Crippen molar-refractivity contribution in [3.8, 4) is 0 Å². The molecular weight excluding hydrogens is 214 g/mol. The zero-order valence-corrected chi connectivity index (χ0v) is 10.6. The Hall–Kier alpha value is -1.55. The Morgan fingerprint density at radius 3 is 2.53 bits per heavy atom. The molecule has 0 aliphatic rings. The molecule has 0 heterocycles. The second-order valence-electron chi connectivity index (χ2n) is 3.93. The van der Waals surface area contributed by atoms with E-state index in [0.29, 0.717) is 0 Å². The molecule has 0 radical (unpaired) electrons. The van der Waals surface area contributed by atoms with Gasteiger partial charge < -0.3 is 15.4 Å². The fraction of sp³-hybridized carbons (Fsp3) is 0.462. The lowest BCUT2D eigenvalue weighted by atomic mass is 10.2. The highest BCUT2D eigenvalue weighted by Crippen LogP contribution is 2.13. The number of anilines is 1. The van der Waals surface area contributed by atoms with E-state index < -0.39 is 0 Å². The highest BCUT2D eigenvalue weighted by atomic mass is 16.5. The van der Waals surface area contributed by atoms with Crippen LogP contribution in [-0.2, 0) is 4.74 Å². The van der Waals surface area contributed by atoms with E-state index in [9.17, 15) is 0 Å². The van der Waals surface area contributed by atoms with Crippen molar-refractivity contribution >= 4 is 11.5 Å². The van der Waals surface area contributed by atoms with Crippen LogP contribution >= 0.6 is 0 Å². The molecule has 0 bridgehead atoms. The Labute approximate surface area is 103 Å². The van der Waals surface area contributed by atoms with Gasteiger partial charge in [-0.3, -0.25) is 5.41 Å². The van der Waals surface area contributed by atoms with Crippen LogP contribution in [0.5, 0.6) is 0 Å². The molecule has 0 aliphatic carbocycles. The summed E-state index contributed by atoms with van der Waals surface area (Å²) in [6.45, 7) is 4.53. The molecule has 0 spiro atoms. The molecule has 0 atom stereocenters. The van der Waals surface area contributed by atoms with E-state index in [4.69, 9.17) is 15.9 Å². The Kier molecular flexibility index (Phi) is 5.49. The largest absolute Gasteiger partial charge is 0.384 e. The van der Waals surface area contributed by atoms with Crippen LogP contribution in [-0.4, -0.2) is 32.6 Å². The second kappa shape index (κ2) is 6.91. The topological polar surface area (TPSA) is 62.3 Å². The maximum absolute atomic E-state index is 7.32. The Morgan fingerprint density at radius 1 is 1.35 bits per heavy atom. The van der Waals surface area contributed by atoms with E-state index >= 15 is 0 Å². The number of nitrogens with zero attached hydrogens (tertiary/aromatic N) is 1. The van der Waals surface area contributed by atoms with Crippen molar-refractivity contribution in [2.24, 2.45) is 5.73 Å². The number of benzene rings is 1. The summed E-state index contributed by atoms with van der Waals surface area (Å²) >= 11 is 0. The number of nitrogens with two attached hydrogens (primary N) is 1. The molecule has 17 heavy (non-hydrogen) atoms. The molecule has 0 unspecified atom stereocenters. The predicted octanol–water partition coefficient (Wildman–Crippen LogP) is 1.83. The van der Waals surface area contributed by atoms with Gasteiger partial charge in [-0.1, -0.05) is 0 Å². The van der Waals surface area contributed by atoms with Gasteiger partial charge in [0.15, 0.2) is 0 Å². The highest BCUT2D eigenvalue weighted by molar-refractivity contribution is 5.95. The number of nitrogen functional groups attached to an aromatic ring is 1. The number of hydrogen-bond donors (Lipinski definition) is 2. The standard InChI is InChI=1S/C13H21N3O/c1-3-17-10-4-9-16(2)12-7-5-11(6-8-12)13(14)15/h5-8H,3-4,9-10H2,1-2H3,(H3,14,15). The van der Waals surface area contributed by atoms with Crippen LogP contribution in [0.3, 0.4) is 0 Å². The Balaban J connectivity index is 2.46. The van der Waals surface area contributed by atoms with Gasteiger partial charge in [-0.15, -0.1) is 0 Å². The minimum Gasteiger partial charge on any atom is -0.384 e. The third-order valence-corrected chi connectivity index (χ3v) is 2.61. The maximum atomic E-state index is 7.32. The molecular formula is C13H21N3O. The summed E-state index contributed by atoms with van der Waals surface area (Å²) in [5, 5.41) is 7.32. The van der Waals surface area contributed by atoms with Crippen LogP contribution in [0.25, 0.3) is 0 Å². The van der Waals surface area contributed by atoms with Crippen molar-refractivity contribution in [1.29, 1.82) is 5.41 Å². The van der Waals surface area contributed by atoms with Crippen LogP contribution in [0.15, 0.2) is 24.3 Å². The first kappa shape index (κ1) is 13.5. The molecule has 1 aromatic rings. The summed E-state index contributed by atoms with van der Waals surface area (Å²) in [6.07, 6.45) is 1.01. The normalized spacial score (nSPS) is 10.2. The zero-order chi connectivity index (χ0) is 12.7. The van der Waals surface area contributed by atoms with Gasteiger partial charge in [-0.25, -0.2) is 0 Å². The van der Waals surface area contributed by atoms with E-state index in [1.54, 1.807) is 0 Å². The first-order chi connectivity index (χ1) is 8.15. The van der Waals surface area contributed by atoms with Crippen LogP contribution < -0.4 is 10.6 Å². The van der Waals surface area contributed by atoms with Crippen molar-refractivity contribution in [3.63, 3.8) is 0 Å². The Bertz CT molecular complexity index is 348. The molecule has 94 valence electrons. The van der Waals surface area contributed by atoms with Gasteiger partial charge in [0.2, 0.25) is 0 Å². The SMILES string of the molecule is CCOCCCN(C)c1ccc(C(=N)N)cc1. The van der Waals surface area contributed by atoms with E-state index in [-0.39, 0.29) is 5.84 Å². The van der Waals surface area contributed by atoms with Crippen molar-refractivity contribution in [3.05, 3.63) is 29.8 Å². The monoisotopic (exact) mass is 235 g/mol. The molecule has 0 saturated heterocycles. The molecule has 4 heteroatoms. The third-order valence-electron chi connectivity index (χ3n) is 2.61. The summed E-state index contributed by atoms with van der Waals surface area (Å²) in [7, 11) is 2.05. The van der Waals surface area contributed by atoms with Crippen LogP contribution in [0, 0.1) is 5.41 Å². The first-order valence-corrected chi connectivity index (χ1v) is 5.88. The summed E-state index contributed by atoms with van der Waals surface area (Å²) in [4.78, 5) is 2.17. The molecule has 0 saturated carbocycles. The number of nitrogens with one attached hydrogen (secondary N) is 1. The minimum absolute atomic E-state index is 0.107. The average molecular weight is 235 g/mol. The predicted molar refractivity (Wildman–Crippen MR) is 71.8 cm³/mol. The number of amidine groups is 1. The smallest absolute Gasteiger partial charge is 0.122 e. The van der Waals surface area contributed by atoms with E-state index in [1.807, 2.05) is 31.2 Å². The van der Waals surface area contributed by atoms with Gasteiger partial charge in [0.25, 0.3) is 0 Å². The molecule has 3 N–H and O–H groups in total. The summed E-state index contributed by atoms with van der Waals surface area (Å²) < 4.78 is 5.30. The van der Waals surface area contributed by atoms with Crippen LogP contribution in [0.1, 0.15) is 18.9 Å². The van der Waals surface area contributed by atoms with Gasteiger partial charge in [-0.2, -0.15) is 0 Å². The summed E-state index contributed by atoms with van der Waals surface area (Å²) in [5.41, 5.74) is 7.30. The second-order valence-corrected chi connectivity index (χ2v) is 3.93. The van der Waals surface area contributed by atoms with Crippen LogP contribution in [0.2, 0.25) is 0 Å². The molecule has 0 fully saturated rings. The quantitative estimate of drug-likeness (QED) is 0.430. The molecule has 0 amide bonds. The minimum atomic E-state index is 0.107. The van der Waals surface area contributed by atoms with Crippen molar-refractivity contribution in [1.82, 2.24) is 0 Å². The van der Waals surface area contributed by atoms with Gasteiger partial charge in [0.1, 0.15) is 5.84 Å². The average Bonchev–Trinajstić information content (AvgIpc) is 2.34. The van der Waals surface area contributed by atoms with E-state index in [2.05, 4.69) is 11.9 Å². The fourth-order valence-electron chi connectivity index (χ4n) is 1.57. The molecule has 4 nitrogen and oxygen atoms in total. The fourth-order valence-corrected chi connectivity index (χ4v) is 1.57. The van der Waals surface area contributed by atoms with Crippen molar-refractivity contribution < 1.29 is 4.74 Å². The van der Waals surface area contributed by atoms with Gasteiger partial charge in [0.05, 0.1) is 0 Å². The van der Waals surface area contributed by atoms with E-state index in [1.165, 1.54) is 0 Å². The lowest BCUT2D eigenvalue weighted by Gasteiger charge is -2.19. The van der Waals surface area contributed by atoms with Crippen molar-refractivity contribution in [2.75, 3.05) is 31.7 Å². The molecule has 0 aliphatic heterocycles. The van der Waals surface area contributed by atoms with Gasteiger partial charge in [-0.05, 0) is 37.6 Å². The number of hydrogen-bond acceptors (Lipinski definition) is 3.